The molecule has 4 aromatic heterocycles. The number of benzene rings is 2. The molecule has 0 aliphatic heterocycles. The Labute approximate surface area is 137 Å². The number of aromatic nitrogens is 2. The summed E-state index contributed by atoms with van der Waals surface area (Å²) in [6.45, 7) is 2.18. The largest absolute Gasteiger partial charge is 0.454 e. The van der Waals surface area contributed by atoms with Crippen molar-refractivity contribution < 1.29 is 8.98 Å². The van der Waals surface area contributed by atoms with E-state index in [2.05, 4.69) is 77.7 Å². The zero-order valence-corrected chi connectivity index (χ0v) is 13.5. The lowest BCUT2D eigenvalue weighted by molar-refractivity contribution is -0.644. The van der Waals surface area contributed by atoms with Crippen LogP contribution < -0.4 is 4.57 Å². The van der Waals surface area contributed by atoms with E-state index in [9.17, 15) is 0 Å². The van der Waals surface area contributed by atoms with Crippen LogP contribution in [0.1, 0.15) is 5.56 Å². The molecule has 0 fully saturated rings. The summed E-state index contributed by atoms with van der Waals surface area (Å²) >= 11 is 0. The average molecular weight is 311 g/mol. The first-order valence-electron chi connectivity index (χ1n) is 8.20. The number of aryl methyl sites for hydroxylation is 2. The van der Waals surface area contributed by atoms with Crippen LogP contribution in [0, 0.1) is 6.92 Å². The lowest BCUT2D eigenvalue weighted by atomic mass is 10.0. The van der Waals surface area contributed by atoms with E-state index in [-0.39, 0.29) is 0 Å². The minimum absolute atomic E-state index is 0.967. The summed E-state index contributed by atoms with van der Waals surface area (Å²) in [5.74, 6) is 0. The fraction of sp³-hybridized carbons (Fsp3) is 0.0952. The minimum atomic E-state index is 0.967. The Kier molecular flexibility index (Phi) is 2.00. The highest BCUT2D eigenvalue weighted by molar-refractivity contribution is 6.26. The van der Waals surface area contributed by atoms with Crippen molar-refractivity contribution in [1.82, 2.24) is 4.40 Å². The third-order valence-corrected chi connectivity index (χ3v) is 5.29. The second kappa shape index (κ2) is 3.88. The molecule has 0 N–H and O–H groups in total. The molecule has 0 aliphatic carbocycles. The Morgan fingerprint density at radius 1 is 0.917 bits per heavy atom. The topological polar surface area (TPSA) is 21.4 Å². The number of hydrogen-bond acceptors (Lipinski definition) is 1. The van der Waals surface area contributed by atoms with Gasteiger partial charge in [-0.05, 0) is 36.8 Å². The maximum absolute atomic E-state index is 6.30. The first-order valence-corrected chi connectivity index (χ1v) is 8.20. The number of pyridine rings is 2. The number of fused-ring (bicyclic) bond motifs is 6. The lowest BCUT2D eigenvalue weighted by Gasteiger charge is -2.08. The van der Waals surface area contributed by atoms with Crippen LogP contribution in [0.25, 0.3) is 49.4 Å². The molecule has 0 spiro atoms. The first kappa shape index (κ1) is 12.4. The molecule has 6 rings (SSSR count). The Hall–Kier alpha value is -3.07. The molecule has 0 saturated carbocycles. The van der Waals surface area contributed by atoms with Crippen molar-refractivity contribution >= 4 is 49.4 Å². The minimum Gasteiger partial charge on any atom is -0.454 e. The van der Waals surface area contributed by atoms with Crippen LogP contribution in [0.4, 0.5) is 0 Å². The van der Waals surface area contributed by atoms with Gasteiger partial charge in [0.05, 0.1) is 16.3 Å². The van der Waals surface area contributed by atoms with E-state index in [1.54, 1.807) is 0 Å². The number of rotatable bonds is 0. The van der Waals surface area contributed by atoms with Crippen LogP contribution in [0.15, 0.2) is 59.1 Å². The molecular weight excluding hydrogens is 296 g/mol. The highest BCUT2D eigenvalue weighted by Gasteiger charge is 2.25. The fourth-order valence-electron chi connectivity index (χ4n) is 4.29. The number of para-hydroxylation sites is 1. The number of nitrogens with zero attached hydrogens (tertiary/aromatic N) is 2. The molecule has 3 nitrogen and oxygen atoms in total. The van der Waals surface area contributed by atoms with E-state index in [1.165, 1.54) is 43.8 Å². The van der Waals surface area contributed by atoms with Gasteiger partial charge in [-0.2, -0.15) is 4.57 Å². The highest BCUT2D eigenvalue weighted by atomic mass is 16.3. The predicted molar refractivity (Wildman–Crippen MR) is 96.8 cm³/mol. The van der Waals surface area contributed by atoms with Crippen LogP contribution >= 0.6 is 0 Å². The first-order chi connectivity index (χ1) is 11.8. The summed E-state index contributed by atoms with van der Waals surface area (Å²) in [7, 11) is 2.12. The summed E-state index contributed by atoms with van der Waals surface area (Å²) in [4.78, 5) is 0. The van der Waals surface area contributed by atoms with Gasteiger partial charge in [-0.1, -0.05) is 18.2 Å². The summed E-state index contributed by atoms with van der Waals surface area (Å²) in [6.07, 6.45) is 2.12. The number of hydrogen-bond donors (Lipinski definition) is 0. The van der Waals surface area contributed by atoms with Gasteiger partial charge in [0, 0.05) is 11.5 Å². The van der Waals surface area contributed by atoms with Crippen molar-refractivity contribution in [2.45, 2.75) is 6.92 Å². The molecule has 0 bridgehead atoms. The van der Waals surface area contributed by atoms with Crippen molar-refractivity contribution in [3.63, 3.8) is 0 Å². The predicted octanol–water partition coefficient (Wildman–Crippen LogP) is 4.72. The van der Waals surface area contributed by atoms with Crippen molar-refractivity contribution in [3.05, 3.63) is 60.3 Å². The van der Waals surface area contributed by atoms with Crippen molar-refractivity contribution in [2.75, 3.05) is 0 Å². The van der Waals surface area contributed by atoms with E-state index < -0.39 is 0 Å². The molecular formula is C21H15N2O+. The summed E-state index contributed by atoms with van der Waals surface area (Å²) in [5.41, 5.74) is 8.10. The van der Waals surface area contributed by atoms with Gasteiger partial charge in [-0.3, -0.25) is 4.40 Å². The standard InChI is InChI=1S/C21H15N2O/c1-12-9-10-16-18-17(12)19-15(8-5-11-22(19)2)23-14-7-4-3-6-13(14)21(24-16)20(18)23/h3-11H,1-2H3/q+1. The summed E-state index contributed by atoms with van der Waals surface area (Å²) in [5, 5.41) is 3.70. The van der Waals surface area contributed by atoms with Crippen LogP contribution in [0.3, 0.4) is 0 Å². The normalized spacial score (nSPS) is 12.6. The van der Waals surface area contributed by atoms with Gasteiger partial charge in [0.15, 0.2) is 11.8 Å². The van der Waals surface area contributed by atoms with Crippen LogP contribution in [-0.4, -0.2) is 4.40 Å². The Morgan fingerprint density at radius 2 is 1.75 bits per heavy atom. The van der Waals surface area contributed by atoms with Crippen LogP contribution in [0.2, 0.25) is 0 Å². The fourth-order valence-corrected chi connectivity index (χ4v) is 4.29. The Bertz CT molecular complexity index is 1420. The maximum Gasteiger partial charge on any atom is 0.237 e. The second-order valence-electron chi connectivity index (χ2n) is 6.62. The molecule has 6 aromatic rings. The monoisotopic (exact) mass is 311 g/mol. The molecule has 114 valence electrons. The van der Waals surface area contributed by atoms with Gasteiger partial charge in [0.1, 0.15) is 23.7 Å². The highest BCUT2D eigenvalue weighted by Crippen LogP contribution is 2.43. The second-order valence-corrected chi connectivity index (χ2v) is 6.62. The Balaban J connectivity index is 2.18. The quantitative estimate of drug-likeness (QED) is 0.294. The summed E-state index contributed by atoms with van der Waals surface area (Å²) < 4.78 is 10.9. The van der Waals surface area contributed by atoms with Gasteiger partial charge >= 0.3 is 0 Å². The van der Waals surface area contributed by atoms with E-state index >= 15 is 0 Å². The molecule has 0 saturated heterocycles. The third kappa shape index (κ3) is 1.21. The van der Waals surface area contributed by atoms with Gasteiger partial charge in [-0.15, -0.1) is 0 Å². The van der Waals surface area contributed by atoms with Crippen molar-refractivity contribution in [1.29, 1.82) is 0 Å². The molecule has 0 atom stereocenters. The molecule has 0 radical (unpaired) electrons. The zero-order chi connectivity index (χ0) is 16.0. The van der Waals surface area contributed by atoms with Crippen LogP contribution in [0.5, 0.6) is 0 Å². The molecule has 24 heavy (non-hydrogen) atoms. The lowest BCUT2D eigenvalue weighted by Crippen LogP contribution is -2.28. The van der Waals surface area contributed by atoms with Gasteiger partial charge in [-0.25, -0.2) is 0 Å². The molecule has 0 aliphatic rings. The molecule has 2 aromatic carbocycles. The van der Waals surface area contributed by atoms with Crippen LogP contribution in [-0.2, 0) is 7.05 Å². The molecule has 4 heterocycles. The number of furan rings is 1. The van der Waals surface area contributed by atoms with Crippen molar-refractivity contribution in [3.8, 4) is 0 Å². The van der Waals surface area contributed by atoms with Gasteiger partial charge < -0.3 is 4.42 Å². The Morgan fingerprint density at radius 3 is 2.67 bits per heavy atom. The van der Waals surface area contributed by atoms with E-state index in [1.807, 2.05) is 0 Å². The smallest absolute Gasteiger partial charge is 0.237 e. The molecule has 0 unspecified atom stereocenters. The third-order valence-electron chi connectivity index (χ3n) is 5.29. The van der Waals surface area contributed by atoms with Gasteiger partial charge in [0.2, 0.25) is 5.52 Å². The molecule has 0 amide bonds. The van der Waals surface area contributed by atoms with E-state index in [0.29, 0.717) is 0 Å². The maximum atomic E-state index is 6.30. The SMILES string of the molecule is Cc1ccc2oc3c4ccccc4n4c5ccc[n+](C)c5c1c2c34. The van der Waals surface area contributed by atoms with Crippen molar-refractivity contribution in [2.24, 2.45) is 7.05 Å². The molecule has 3 heteroatoms. The average Bonchev–Trinajstić information content (AvgIpc) is 3.12. The summed E-state index contributed by atoms with van der Waals surface area (Å²) in [6, 6.07) is 17.1. The van der Waals surface area contributed by atoms with Gasteiger partial charge in [0.25, 0.3) is 0 Å². The van der Waals surface area contributed by atoms with E-state index in [4.69, 9.17) is 4.42 Å². The zero-order valence-electron chi connectivity index (χ0n) is 13.5. The van der Waals surface area contributed by atoms with E-state index in [0.717, 1.165) is 11.2 Å².